The number of hydrogen-bond donors (Lipinski definition) is 2. The molecule has 0 spiro atoms. The van der Waals surface area contributed by atoms with Crippen molar-refractivity contribution in [2.45, 2.75) is 38.8 Å². The molecule has 21 heavy (non-hydrogen) atoms. The number of nitrogens with two attached hydrogens (primary N) is 1. The van der Waals surface area contributed by atoms with E-state index in [2.05, 4.69) is 5.32 Å². The molecule has 0 aromatic heterocycles. The Morgan fingerprint density at radius 2 is 1.86 bits per heavy atom. The van der Waals surface area contributed by atoms with Gasteiger partial charge in [-0.15, -0.1) is 0 Å². The number of amides is 2. The van der Waals surface area contributed by atoms with Gasteiger partial charge in [0, 0.05) is 32.6 Å². The molecule has 114 valence electrons. The third-order valence-corrected chi connectivity index (χ3v) is 3.94. The summed E-state index contributed by atoms with van der Waals surface area (Å²) in [5.74, 6) is 0.133. The van der Waals surface area contributed by atoms with Crippen LogP contribution < -0.4 is 11.1 Å². The van der Waals surface area contributed by atoms with E-state index in [1.165, 1.54) is 6.92 Å². The van der Waals surface area contributed by atoms with E-state index in [-0.39, 0.29) is 17.9 Å². The molecule has 0 atom stereocenters. The summed E-state index contributed by atoms with van der Waals surface area (Å²) in [5.41, 5.74) is 7.74. The average Bonchev–Trinajstić information content (AvgIpc) is 2.48. The predicted octanol–water partition coefficient (Wildman–Crippen LogP) is 0.815. The second-order valence-electron chi connectivity index (χ2n) is 5.51. The fraction of sp³-hybridized carbons (Fsp3) is 0.500. The number of nitrogens with zero attached hydrogens (tertiary/aromatic N) is 1. The molecule has 2 amide bonds. The van der Waals surface area contributed by atoms with Crippen LogP contribution in [0.3, 0.4) is 0 Å². The van der Waals surface area contributed by atoms with Crippen LogP contribution in [0.2, 0.25) is 0 Å². The Kier molecular flexibility index (Phi) is 5.33. The fourth-order valence-electron chi connectivity index (χ4n) is 2.76. The Morgan fingerprint density at radius 3 is 2.43 bits per heavy atom. The molecule has 0 saturated carbocycles. The number of carbonyl (C=O) groups excluding carboxylic acids is 2. The number of piperidine rings is 1. The van der Waals surface area contributed by atoms with Gasteiger partial charge in [0.15, 0.2) is 0 Å². The zero-order valence-corrected chi connectivity index (χ0v) is 12.5. The van der Waals surface area contributed by atoms with Gasteiger partial charge in [-0.05, 0) is 24.0 Å². The summed E-state index contributed by atoms with van der Waals surface area (Å²) in [6.07, 6.45) is 2.05. The topological polar surface area (TPSA) is 75.4 Å². The minimum absolute atomic E-state index is 0.00310. The first-order valence-electron chi connectivity index (χ1n) is 7.42. The molecule has 1 aliphatic rings. The lowest BCUT2D eigenvalue weighted by molar-refractivity contribution is -0.131. The first-order valence-corrected chi connectivity index (χ1v) is 7.42. The van der Waals surface area contributed by atoms with Crippen molar-refractivity contribution in [2.75, 3.05) is 13.1 Å². The first-order chi connectivity index (χ1) is 10.1. The van der Waals surface area contributed by atoms with Gasteiger partial charge in [0.2, 0.25) is 11.8 Å². The molecule has 5 heteroatoms. The number of rotatable bonds is 4. The summed E-state index contributed by atoms with van der Waals surface area (Å²) in [6, 6.07) is 8.00. The number of benzene rings is 1. The Morgan fingerprint density at radius 1 is 1.24 bits per heavy atom. The largest absolute Gasteiger partial charge is 0.353 e. The van der Waals surface area contributed by atoms with E-state index in [1.54, 1.807) is 0 Å². The maximum atomic E-state index is 12.4. The highest BCUT2D eigenvalue weighted by molar-refractivity contribution is 5.79. The van der Waals surface area contributed by atoms with Gasteiger partial charge in [0.1, 0.15) is 0 Å². The summed E-state index contributed by atoms with van der Waals surface area (Å²) >= 11 is 0. The van der Waals surface area contributed by atoms with E-state index in [4.69, 9.17) is 5.73 Å². The number of nitrogens with one attached hydrogen (secondary N) is 1. The van der Waals surface area contributed by atoms with Crippen LogP contribution in [0.1, 0.15) is 30.9 Å². The summed E-state index contributed by atoms with van der Waals surface area (Å²) in [4.78, 5) is 25.3. The van der Waals surface area contributed by atoms with Crippen molar-refractivity contribution in [3.05, 3.63) is 35.4 Å². The van der Waals surface area contributed by atoms with Crippen molar-refractivity contribution in [3.63, 3.8) is 0 Å². The highest BCUT2D eigenvalue weighted by Gasteiger charge is 2.23. The van der Waals surface area contributed by atoms with Crippen LogP contribution in [0.5, 0.6) is 0 Å². The van der Waals surface area contributed by atoms with Crippen LogP contribution in [-0.2, 0) is 22.6 Å². The summed E-state index contributed by atoms with van der Waals surface area (Å²) in [7, 11) is 0. The fourth-order valence-corrected chi connectivity index (χ4v) is 2.76. The van der Waals surface area contributed by atoms with Gasteiger partial charge in [-0.25, -0.2) is 0 Å². The quantitative estimate of drug-likeness (QED) is 0.861. The Labute approximate surface area is 125 Å². The average molecular weight is 289 g/mol. The lowest BCUT2D eigenvalue weighted by Gasteiger charge is -2.32. The summed E-state index contributed by atoms with van der Waals surface area (Å²) < 4.78 is 0. The number of likely N-dealkylation sites (tertiary alicyclic amines) is 1. The molecule has 0 aliphatic carbocycles. The zero-order valence-electron chi connectivity index (χ0n) is 12.5. The number of carbonyl (C=O) groups is 2. The molecule has 0 unspecified atom stereocenters. The van der Waals surface area contributed by atoms with E-state index in [9.17, 15) is 9.59 Å². The molecule has 5 nitrogen and oxygen atoms in total. The second kappa shape index (κ2) is 7.22. The molecule has 1 aromatic carbocycles. The van der Waals surface area contributed by atoms with Gasteiger partial charge in [-0.1, -0.05) is 24.3 Å². The predicted molar refractivity (Wildman–Crippen MR) is 81.5 cm³/mol. The van der Waals surface area contributed by atoms with Crippen LogP contribution in [0.25, 0.3) is 0 Å². The van der Waals surface area contributed by atoms with Crippen LogP contribution in [0.15, 0.2) is 24.3 Å². The molecule has 1 aliphatic heterocycles. The molecule has 3 N–H and O–H groups in total. The van der Waals surface area contributed by atoms with E-state index in [0.717, 1.165) is 24.0 Å². The van der Waals surface area contributed by atoms with E-state index < -0.39 is 0 Å². The highest BCUT2D eigenvalue weighted by atomic mass is 16.2. The Bertz CT molecular complexity index is 508. The third kappa shape index (κ3) is 4.29. The van der Waals surface area contributed by atoms with Crippen LogP contribution in [-0.4, -0.2) is 35.8 Å². The van der Waals surface area contributed by atoms with E-state index in [1.807, 2.05) is 29.2 Å². The van der Waals surface area contributed by atoms with Crippen molar-refractivity contribution in [1.29, 1.82) is 0 Å². The first kappa shape index (κ1) is 15.5. The van der Waals surface area contributed by atoms with Gasteiger partial charge >= 0.3 is 0 Å². The molecule has 1 aromatic rings. The molecule has 1 fully saturated rings. The second-order valence-corrected chi connectivity index (χ2v) is 5.51. The SMILES string of the molecule is CC(=O)NC1CCN(C(=O)Cc2ccccc2CN)CC1. The number of hydrogen-bond acceptors (Lipinski definition) is 3. The standard InChI is InChI=1S/C16H23N3O2/c1-12(20)18-15-6-8-19(9-7-15)16(21)10-13-4-2-3-5-14(13)11-17/h2-5,15H,6-11,17H2,1H3,(H,18,20). The zero-order chi connectivity index (χ0) is 15.2. The van der Waals surface area contributed by atoms with Gasteiger partial charge < -0.3 is 16.0 Å². The van der Waals surface area contributed by atoms with Crippen molar-refractivity contribution < 1.29 is 9.59 Å². The summed E-state index contributed by atoms with van der Waals surface area (Å²) in [5, 5.41) is 2.92. The van der Waals surface area contributed by atoms with Gasteiger partial charge in [0.05, 0.1) is 6.42 Å². The molecular formula is C16H23N3O2. The lowest BCUT2D eigenvalue weighted by Crippen LogP contribution is -2.46. The van der Waals surface area contributed by atoms with Gasteiger partial charge in [-0.2, -0.15) is 0 Å². The summed E-state index contributed by atoms with van der Waals surface area (Å²) in [6.45, 7) is 3.39. The van der Waals surface area contributed by atoms with Gasteiger partial charge in [0.25, 0.3) is 0 Å². The van der Waals surface area contributed by atoms with E-state index >= 15 is 0 Å². The van der Waals surface area contributed by atoms with Gasteiger partial charge in [-0.3, -0.25) is 9.59 Å². The van der Waals surface area contributed by atoms with Crippen LogP contribution in [0.4, 0.5) is 0 Å². The minimum atomic E-state index is -0.00310. The maximum absolute atomic E-state index is 12.4. The Hall–Kier alpha value is -1.88. The van der Waals surface area contributed by atoms with Crippen LogP contribution >= 0.6 is 0 Å². The van der Waals surface area contributed by atoms with Crippen molar-refractivity contribution in [1.82, 2.24) is 10.2 Å². The molecular weight excluding hydrogens is 266 g/mol. The monoisotopic (exact) mass is 289 g/mol. The minimum Gasteiger partial charge on any atom is -0.353 e. The third-order valence-electron chi connectivity index (χ3n) is 3.94. The lowest BCUT2D eigenvalue weighted by atomic mass is 10.0. The normalized spacial score (nSPS) is 15.8. The molecule has 2 rings (SSSR count). The molecule has 0 bridgehead atoms. The van der Waals surface area contributed by atoms with Crippen LogP contribution in [0, 0.1) is 0 Å². The molecule has 0 radical (unpaired) electrons. The maximum Gasteiger partial charge on any atom is 0.227 e. The van der Waals surface area contributed by atoms with Crippen molar-refractivity contribution in [3.8, 4) is 0 Å². The molecule has 1 saturated heterocycles. The van der Waals surface area contributed by atoms with Crippen molar-refractivity contribution in [2.24, 2.45) is 5.73 Å². The highest BCUT2D eigenvalue weighted by Crippen LogP contribution is 2.14. The molecule has 1 heterocycles. The Balaban J connectivity index is 1.89. The smallest absolute Gasteiger partial charge is 0.227 e. The van der Waals surface area contributed by atoms with Crippen molar-refractivity contribution >= 4 is 11.8 Å². The van der Waals surface area contributed by atoms with E-state index in [0.29, 0.717) is 26.1 Å².